The maximum Gasteiger partial charge on any atom is 0.407 e. The summed E-state index contributed by atoms with van der Waals surface area (Å²) in [6.45, 7) is 15.2. The molecule has 0 aliphatic rings. The molecule has 2 rings (SSSR count). The maximum atomic E-state index is 13.7. The van der Waals surface area contributed by atoms with E-state index in [0.717, 1.165) is 29.9 Å². The van der Waals surface area contributed by atoms with Crippen molar-refractivity contribution < 1.29 is 33.8 Å². The number of aliphatic hydroxyl groups excluding tert-OH is 1. The number of carbonyl (C=O) groups is 4. The number of ether oxygens (including phenoxy) is 2. The number of rotatable bonds is 18. The number of methoxy groups -OCH3 is 2. The highest BCUT2D eigenvalue weighted by Crippen LogP contribution is 2.21. The molecule has 0 aliphatic heterocycles. The molecule has 4 amide bonds. The number of carbonyl (C=O) groups excluding carboxylic acids is 4. The number of hydrogen-bond acceptors (Lipinski definition) is 9. The van der Waals surface area contributed by atoms with E-state index < -0.39 is 53.6 Å². The Labute approximate surface area is 297 Å². The minimum Gasteiger partial charge on any atom is -0.453 e. The molecule has 0 unspecified atom stereocenters. The predicted molar refractivity (Wildman–Crippen MR) is 194 cm³/mol. The minimum absolute atomic E-state index is 0.0859. The van der Waals surface area contributed by atoms with Crippen LogP contribution in [-0.2, 0) is 32.0 Å². The molecule has 5 atom stereocenters. The van der Waals surface area contributed by atoms with E-state index in [-0.39, 0.29) is 25.4 Å². The van der Waals surface area contributed by atoms with Crippen molar-refractivity contribution in [2.45, 2.75) is 92.1 Å². The van der Waals surface area contributed by atoms with Crippen LogP contribution in [0.3, 0.4) is 0 Å². The molecule has 0 bridgehead atoms. The van der Waals surface area contributed by atoms with Gasteiger partial charge in [0.25, 0.3) is 5.91 Å². The highest BCUT2D eigenvalue weighted by atomic mass is 16.5. The molecule has 13 nitrogen and oxygen atoms in total. The highest BCUT2D eigenvalue weighted by Gasteiger charge is 2.36. The van der Waals surface area contributed by atoms with Crippen LogP contribution in [0.25, 0.3) is 0 Å². The first-order valence-electron chi connectivity index (χ1n) is 17.3. The minimum atomic E-state index is -1.19. The molecule has 2 aromatic carbocycles. The van der Waals surface area contributed by atoms with Gasteiger partial charge in [-0.1, -0.05) is 83.5 Å². The zero-order valence-electron chi connectivity index (χ0n) is 31.1. The van der Waals surface area contributed by atoms with E-state index in [1.807, 2.05) is 89.2 Å². The zero-order valence-corrected chi connectivity index (χ0v) is 31.1. The highest BCUT2D eigenvalue weighted by molar-refractivity contribution is 5.87. The van der Waals surface area contributed by atoms with E-state index in [1.165, 1.54) is 14.2 Å². The van der Waals surface area contributed by atoms with Gasteiger partial charge in [-0.25, -0.2) is 14.6 Å². The van der Waals surface area contributed by atoms with Crippen LogP contribution in [0, 0.1) is 11.3 Å². The van der Waals surface area contributed by atoms with Crippen LogP contribution >= 0.6 is 0 Å². The molecule has 0 aromatic heterocycles. The number of benzene rings is 2. The monoisotopic (exact) mass is 698 g/mol. The Hall–Kier alpha value is -4.36. The molecule has 0 heterocycles. The number of nitrogens with zero attached hydrogens (tertiary/aromatic N) is 2. The normalized spacial score (nSPS) is 14.4. The van der Waals surface area contributed by atoms with Gasteiger partial charge in [-0.2, -0.15) is 0 Å². The van der Waals surface area contributed by atoms with E-state index in [9.17, 15) is 24.3 Å². The SMILES string of the molecule is CC[C@H](C)[C@H](NC(=O)OC)C(=O)NN(Cc1ccc(N(CC)CC)cc1)C[C@H](O)[C@H](Cc1ccccc1)NC(=O)[C@@H](NC(=O)OC)C(C)(C)C. The van der Waals surface area contributed by atoms with E-state index in [2.05, 4.69) is 40.1 Å². The Kier molecular flexibility index (Phi) is 17.0. The van der Waals surface area contributed by atoms with E-state index in [1.54, 1.807) is 5.01 Å². The van der Waals surface area contributed by atoms with Gasteiger partial charge in [-0.3, -0.25) is 15.0 Å². The lowest BCUT2D eigenvalue weighted by Gasteiger charge is -2.35. The summed E-state index contributed by atoms with van der Waals surface area (Å²) in [6, 6.07) is 14.7. The quantitative estimate of drug-likeness (QED) is 0.145. The fourth-order valence-electron chi connectivity index (χ4n) is 5.51. The number of aliphatic hydroxyl groups is 1. The molecule has 278 valence electrons. The first-order chi connectivity index (χ1) is 23.7. The van der Waals surface area contributed by atoms with Crippen molar-refractivity contribution in [2.24, 2.45) is 11.3 Å². The molecule has 0 radical (unpaired) electrons. The average Bonchev–Trinajstić information content (AvgIpc) is 3.09. The van der Waals surface area contributed by atoms with Crippen LogP contribution in [0.15, 0.2) is 54.6 Å². The first kappa shape index (κ1) is 41.8. The van der Waals surface area contributed by atoms with E-state index in [4.69, 9.17) is 9.47 Å². The van der Waals surface area contributed by atoms with Crippen LogP contribution in [0.5, 0.6) is 0 Å². The predicted octanol–water partition coefficient (Wildman–Crippen LogP) is 4.00. The van der Waals surface area contributed by atoms with Gasteiger partial charge in [0.15, 0.2) is 0 Å². The van der Waals surface area contributed by atoms with Crippen molar-refractivity contribution >= 4 is 29.7 Å². The van der Waals surface area contributed by atoms with Gasteiger partial charge < -0.3 is 35.4 Å². The Bertz CT molecular complexity index is 1350. The van der Waals surface area contributed by atoms with Gasteiger partial charge in [0.1, 0.15) is 12.1 Å². The van der Waals surface area contributed by atoms with Crippen molar-refractivity contribution in [3.63, 3.8) is 0 Å². The van der Waals surface area contributed by atoms with Crippen LogP contribution in [0.4, 0.5) is 15.3 Å². The summed E-state index contributed by atoms with van der Waals surface area (Å²) in [5.41, 5.74) is 5.04. The topological polar surface area (TPSA) is 162 Å². The first-order valence-corrected chi connectivity index (χ1v) is 17.3. The number of anilines is 1. The maximum absolute atomic E-state index is 13.7. The Morgan fingerprint density at radius 1 is 0.800 bits per heavy atom. The van der Waals surface area contributed by atoms with Gasteiger partial charge in [0.2, 0.25) is 5.91 Å². The molecule has 13 heteroatoms. The number of hydrogen-bond donors (Lipinski definition) is 5. The summed E-state index contributed by atoms with van der Waals surface area (Å²) in [6.07, 6.45) is -1.80. The summed E-state index contributed by atoms with van der Waals surface area (Å²) in [7, 11) is 2.46. The molecular weight excluding hydrogens is 640 g/mol. The van der Waals surface area contributed by atoms with Gasteiger partial charge in [-0.05, 0) is 54.9 Å². The van der Waals surface area contributed by atoms with Gasteiger partial charge in [0.05, 0.1) is 26.4 Å². The fourth-order valence-corrected chi connectivity index (χ4v) is 5.51. The van der Waals surface area contributed by atoms with Crippen LogP contribution in [0.2, 0.25) is 0 Å². The fraction of sp³-hybridized carbons (Fsp3) is 0.568. The molecular formula is C37H58N6O7. The van der Waals surface area contributed by atoms with Crippen LogP contribution in [-0.4, -0.2) is 92.2 Å². The van der Waals surface area contributed by atoms with Crippen molar-refractivity contribution in [1.29, 1.82) is 0 Å². The summed E-state index contributed by atoms with van der Waals surface area (Å²) < 4.78 is 9.54. The second-order valence-corrected chi connectivity index (χ2v) is 13.5. The summed E-state index contributed by atoms with van der Waals surface area (Å²) in [5, 5.41) is 21.6. The number of nitrogens with one attached hydrogen (secondary N) is 4. The van der Waals surface area contributed by atoms with Gasteiger partial charge in [0, 0.05) is 31.9 Å². The molecule has 0 spiro atoms. The average molecular weight is 699 g/mol. The Morgan fingerprint density at radius 3 is 1.90 bits per heavy atom. The lowest BCUT2D eigenvalue weighted by Crippen LogP contribution is -2.60. The zero-order chi connectivity index (χ0) is 37.4. The third-order valence-corrected chi connectivity index (χ3v) is 8.73. The largest absolute Gasteiger partial charge is 0.453 e. The second kappa shape index (κ2) is 20.3. The van der Waals surface area contributed by atoms with Crippen LogP contribution in [0.1, 0.15) is 66.0 Å². The molecule has 2 aromatic rings. The van der Waals surface area contributed by atoms with E-state index >= 15 is 0 Å². The number of amides is 4. The van der Waals surface area contributed by atoms with Crippen molar-refractivity contribution in [2.75, 3.05) is 38.8 Å². The molecule has 0 fully saturated rings. The lowest BCUT2D eigenvalue weighted by atomic mass is 9.85. The molecule has 0 saturated heterocycles. The third kappa shape index (κ3) is 13.2. The van der Waals surface area contributed by atoms with Gasteiger partial charge in [-0.15, -0.1) is 0 Å². The van der Waals surface area contributed by atoms with Crippen molar-refractivity contribution in [3.8, 4) is 0 Å². The molecule has 0 aliphatic carbocycles. The molecule has 0 saturated carbocycles. The van der Waals surface area contributed by atoms with Crippen molar-refractivity contribution in [3.05, 3.63) is 65.7 Å². The lowest BCUT2D eigenvalue weighted by molar-refractivity contribution is -0.131. The van der Waals surface area contributed by atoms with E-state index in [0.29, 0.717) is 6.42 Å². The molecule has 5 N–H and O–H groups in total. The number of hydrazine groups is 1. The Morgan fingerprint density at radius 2 is 1.38 bits per heavy atom. The summed E-state index contributed by atoms with van der Waals surface area (Å²) in [4.78, 5) is 54.0. The number of alkyl carbamates (subject to hydrolysis) is 2. The van der Waals surface area contributed by atoms with Crippen LogP contribution < -0.4 is 26.3 Å². The third-order valence-electron chi connectivity index (χ3n) is 8.73. The standard InChI is InChI=1S/C37H58N6O7/c1-10-25(4)31(39-35(47)49-8)33(45)41-43(23-27-18-20-28(21-19-27)42(11-2)12-3)24-30(44)29(22-26-16-14-13-15-17-26)38-34(46)32(37(5,6)7)40-36(48)50-9/h13-21,25,29-32,44H,10-12,22-24H2,1-9H3,(H,38,46)(H,39,47)(H,40,48)(H,41,45)/t25-,29-,30-,31-,32+/m0/s1. The Balaban J connectivity index is 2.47. The summed E-state index contributed by atoms with van der Waals surface area (Å²) in [5.74, 6) is -1.20. The summed E-state index contributed by atoms with van der Waals surface area (Å²) >= 11 is 0. The van der Waals surface area contributed by atoms with Crippen molar-refractivity contribution in [1.82, 2.24) is 26.4 Å². The smallest absolute Gasteiger partial charge is 0.407 e. The second-order valence-electron chi connectivity index (χ2n) is 13.5. The molecule has 50 heavy (non-hydrogen) atoms. The van der Waals surface area contributed by atoms with Gasteiger partial charge >= 0.3 is 12.2 Å².